The molecule has 6 heteroatoms. The van der Waals surface area contributed by atoms with Crippen LogP contribution in [-0.2, 0) is 9.84 Å². The van der Waals surface area contributed by atoms with E-state index in [9.17, 15) is 13.2 Å². The molecule has 1 atom stereocenters. The molecule has 1 N–H and O–H groups in total. The van der Waals surface area contributed by atoms with E-state index in [-0.39, 0.29) is 17.7 Å². The Morgan fingerprint density at radius 3 is 2.32 bits per heavy atom. The Hall–Kier alpha value is -1.56. The van der Waals surface area contributed by atoms with Gasteiger partial charge >= 0.3 is 0 Å². The average Bonchev–Trinajstić information content (AvgIpc) is 2.43. The molecule has 1 fully saturated rings. The third-order valence-electron chi connectivity index (χ3n) is 4.30. The number of nitrogens with zero attached hydrogens (tertiary/aromatic N) is 1. The molecule has 0 saturated carbocycles. The highest BCUT2D eigenvalue weighted by Gasteiger charge is 2.41. The van der Waals surface area contributed by atoms with Gasteiger partial charge in [0.1, 0.15) is 0 Å². The van der Waals surface area contributed by atoms with Gasteiger partial charge in [-0.05, 0) is 51.0 Å². The largest absolute Gasteiger partial charge is 0.378 e. The predicted molar refractivity (Wildman–Crippen MR) is 89.1 cm³/mol. The molecule has 2 rings (SSSR count). The van der Waals surface area contributed by atoms with Gasteiger partial charge in [-0.2, -0.15) is 0 Å². The number of anilines is 1. The molecular weight excluding hydrogens is 300 g/mol. The lowest BCUT2D eigenvalue weighted by Crippen LogP contribution is -2.49. The fourth-order valence-corrected chi connectivity index (χ4v) is 4.30. The number of hydrogen-bond acceptors (Lipinski definition) is 4. The lowest BCUT2D eigenvalue weighted by Gasteiger charge is -2.35. The molecule has 1 aromatic rings. The van der Waals surface area contributed by atoms with E-state index in [1.165, 1.54) is 0 Å². The smallest absolute Gasteiger partial charge is 0.251 e. The minimum atomic E-state index is -3.07. The molecule has 122 valence electrons. The van der Waals surface area contributed by atoms with Crippen LogP contribution in [0.1, 0.15) is 37.0 Å². The van der Waals surface area contributed by atoms with Crippen molar-refractivity contribution in [3.63, 3.8) is 0 Å². The van der Waals surface area contributed by atoms with Crippen molar-refractivity contribution in [2.24, 2.45) is 0 Å². The Balaban J connectivity index is 2.04. The summed E-state index contributed by atoms with van der Waals surface area (Å²) < 4.78 is 23.2. The first-order chi connectivity index (χ1) is 10.1. The van der Waals surface area contributed by atoms with Crippen LogP contribution in [0.5, 0.6) is 0 Å². The van der Waals surface area contributed by atoms with Gasteiger partial charge in [0.2, 0.25) is 0 Å². The van der Waals surface area contributed by atoms with Crippen LogP contribution in [0.15, 0.2) is 24.3 Å². The van der Waals surface area contributed by atoms with Crippen LogP contribution in [0.4, 0.5) is 5.69 Å². The normalized spacial score (nSPS) is 22.8. The highest BCUT2D eigenvalue weighted by molar-refractivity contribution is 7.92. The van der Waals surface area contributed by atoms with Crippen LogP contribution in [0.2, 0.25) is 0 Å². The van der Waals surface area contributed by atoms with E-state index < -0.39 is 14.6 Å². The first kappa shape index (κ1) is 16.8. The Bertz CT molecular complexity index is 648. The third-order valence-corrected chi connectivity index (χ3v) is 6.92. The van der Waals surface area contributed by atoms with Gasteiger partial charge in [-0.15, -0.1) is 0 Å². The molecule has 1 aliphatic rings. The molecule has 1 saturated heterocycles. The summed E-state index contributed by atoms with van der Waals surface area (Å²) in [5.74, 6) is -0.0183. The summed E-state index contributed by atoms with van der Waals surface area (Å²) in [6, 6.07) is 7.26. The molecule has 0 radical (unpaired) electrons. The van der Waals surface area contributed by atoms with Gasteiger partial charge in [-0.1, -0.05) is 0 Å². The number of nitrogens with one attached hydrogen (secondary N) is 1. The number of hydrogen-bond donors (Lipinski definition) is 1. The summed E-state index contributed by atoms with van der Waals surface area (Å²) in [4.78, 5) is 14.3. The van der Waals surface area contributed by atoms with Crippen molar-refractivity contribution in [1.29, 1.82) is 0 Å². The molecule has 0 aromatic heterocycles. The molecule has 0 aliphatic carbocycles. The number of amides is 1. The van der Waals surface area contributed by atoms with E-state index in [0.717, 1.165) is 5.69 Å². The minimum Gasteiger partial charge on any atom is -0.378 e. The second kappa shape index (κ2) is 5.91. The summed E-state index contributed by atoms with van der Waals surface area (Å²) in [7, 11) is 0.822. The maximum Gasteiger partial charge on any atom is 0.251 e. The van der Waals surface area contributed by atoms with Crippen LogP contribution >= 0.6 is 0 Å². The first-order valence-electron chi connectivity index (χ1n) is 7.43. The zero-order chi connectivity index (χ0) is 16.5. The summed E-state index contributed by atoms with van der Waals surface area (Å²) in [6.07, 6.45) is 0.935. The van der Waals surface area contributed by atoms with E-state index in [4.69, 9.17) is 0 Å². The Kier molecular flexibility index (Phi) is 4.52. The lowest BCUT2D eigenvalue weighted by atomic mass is 9.99. The van der Waals surface area contributed by atoms with Crippen molar-refractivity contribution in [3.05, 3.63) is 29.8 Å². The SMILES string of the molecule is CN(C)c1ccc(C(=O)NC2CCS(=O)(=O)C(C)(C)C2)cc1. The van der Waals surface area contributed by atoms with Gasteiger partial charge in [0.15, 0.2) is 9.84 Å². The minimum absolute atomic E-state index is 0.0976. The maximum absolute atomic E-state index is 12.3. The van der Waals surface area contributed by atoms with E-state index in [1.54, 1.807) is 26.0 Å². The van der Waals surface area contributed by atoms with Crippen LogP contribution < -0.4 is 10.2 Å². The predicted octanol–water partition coefficient (Wildman–Crippen LogP) is 1.84. The molecular formula is C16H24N2O3S. The van der Waals surface area contributed by atoms with Crippen LogP contribution in [-0.4, -0.2) is 45.0 Å². The Morgan fingerprint density at radius 2 is 1.82 bits per heavy atom. The van der Waals surface area contributed by atoms with Crippen molar-refractivity contribution in [3.8, 4) is 0 Å². The lowest BCUT2D eigenvalue weighted by molar-refractivity contribution is 0.0930. The third kappa shape index (κ3) is 3.43. The maximum atomic E-state index is 12.3. The Morgan fingerprint density at radius 1 is 1.23 bits per heavy atom. The zero-order valence-corrected chi connectivity index (χ0v) is 14.4. The van der Waals surface area contributed by atoms with Crippen molar-refractivity contribution in [1.82, 2.24) is 5.32 Å². The summed E-state index contributed by atoms with van der Waals surface area (Å²) in [6.45, 7) is 3.46. The highest BCUT2D eigenvalue weighted by atomic mass is 32.2. The quantitative estimate of drug-likeness (QED) is 0.921. The monoisotopic (exact) mass is 324 g/mol. The van der Waals surface area contributed by atoms with Crippen LogP contribution in [0.3, 0.4) is 0 Å². The van der Waals surface area contributed by atoms with Crippen molar-refractivity contribution >= 4 is 21.4 Å². The fraction of sp³-hybridized carbons (Fsp3) is 0.562. The molecule has 1 amide bonds. The van der Waals surface area contributed by atoms with Crippen LogP contribution in [0.25, 0.3) is 0 Å². The van der Waals surface area contributed by atoms with E-state index in [2.05, 4.69) is 5.32 Å². The van der Waals surface area contributed by atoms with Gasteiger partial charge in [-0.3, -0.25) is 4.79 Å². The number of carbonyl (C=O) groups excluding carboxylic acids is 1. The molecule has 1 aromatic carbocycles. The molecule has 1 unspecified atom stereocenters. The number of benzene rings is 1. The topological polar surface area (TPSA) is 66.5 Å². The molecule has 22 heavy (non-hydrogen) atoms. The zero-order valence-electron chi connectivity index (χ0n) is 13.6. The van der Waals surface area contributed by atoms with Crippen molar-refractivity contribution in [2.75, 3.05) is 24.7 Å². The molecule has 1 heterocycles. The van der Waals surface area contributed by atoms with Gasteiger partial charge in [0.25, 0.3) is 5.91 Å². The standard InChI is InChI=1S/C16H24N2O3S/c1-16(2)11-13(9-10-22(16,20)21)17-15(19)12-5-7-14(8-6-12)18(3)4/h5-8,13H,9-11H2,1-4H3,(H,17,19). The van der Waals surface area contributed by atoms with Crippen LogP contribution in [0, 0.1) is 0 Å². The molecule has 1 aliphatic heterocycles. The summed E-state index contributed by atoms with van der Waals surface area (Å²) >= 11 is 0. The number of rotatable bonds is 3. The second-order valence-electron chi connectivity index (χ2n) is 6.68. The summed E-state index contributed by atoms with van der Waals surface area (Å²) in [5, 5.41) is 2.96. The van der Waals surface area contributed by atoms with Gasteiger partial charge in [0.05, 0.1) is 10.5 Å². The molecule has 5 nitrogen and oxygen atoms in total. The van der Waals surface area contributed by atoms with E-state index >= 15 is 0 Å². The van der Waals surface area contributed by atoms with E-state index in [0.29, 0.717) is 18.4 Å². The number of sulfone groups is 1. The summed E-state index contributed by atoms with van der Waals surface area (Å²) in [5.41, 5.74) is 1.62. The van der Waals surface area contributed by atoms with E-state index in [1.807, 2.05) is 31.1 Å². The fourth-order valence-electron chi connectivity index (χ4n) is 2.70. The van der Waals surface area contributed by atoms with Crippen molar-refractivity contribution in [2.45, 2.75) is 37.5 Å². The first-order valence-corrected chi connectivity index (χ1v) is 9.08. The molecule has 0 spiro atoms. The van der Waals surface area contributed by atoms with Gasteiger partial charge in [0, 0.05) is 31.4 Å². The van der Waals surface area contributed by atoms with Gasteiger partial charge in [-0.25, -0.2) is 8.42 Å². The number of carbonyl (C=O) groups is 1. The molecule has 0 bridgehead atoms. The van der Waals surface area contributed by atoms with Gasteiger partial charge < -0.3 is 10.2 Å². The highest BCUT2D eigenvalue weighted by Crippen LogP contribution is 2.30. The Labute approximate surface area is 132 Å². The van der Waals surface area contributed by atoms with Crippen molar-refractivity contribution < 1.29 is 13.2 Å². The second-order valence-corrected chi connectivity index (χ2v) is 9.43. The average molecular weight is 324 g/mol.